The molecule has 4 unspecified atom stereocenters. The SMILES string of the molecule is CC[C@@H]1C2C[C@H](O)CCC2(C)[C@H]2CCC3(C)[C@@H]([C@H](C)CCOC(=O)NS(=O)(=O)c4cccnc4)CC[C@H]3C2[C@@H]1O. The van der Waals surface area contributed by atoms with E-state index in [1.54, 1.807) is 0 Å². The van der Waals surface area contributed by atoms with E-state index in [-0.39, 0.29) is 40.5 Å². The van der Waals surface area contributed by atoms with Crippen LogP contribution in [0.15, 0.2) is 29.4 Å². The van der Waals surface area contributed by atoms with Gasteiger partial charge in [0, 0.05) is 12.4 Å². The summed E-state index contributed by atoms with van der Waals surface area (Å²) < 4.78 is 32.0. The average Bonchev–Trinajstić information content (AvgIpc) is 3.27. The van der Waals surface area contributed by atoms with Gasteiger partial charge >= 0.3 is 6.09 Å². The number of carbonyl (C=O) groups is 1. The molecule has 0 bridgehead atoms. The maximum absolute atomic E-state index is 12.4. The van der Waals surface area contributed by atoms with Gasteiger partial charge in [-0.3, -0.25) is 4.98 Å². The molecule has 0 aromatic carbocycles. The van der Waals surface area contributed by atoms with Gasteiger partial charge < -0.3 is 14.9 Å². The lowest BCUT2D eigenvalue weighted by Crippen LogP contribution is -2.62. The van der Waals surface area contributed by atoms with E-state index in [0.29, 0.717) is 41.9 Å². The Bertz CT molecular complexity index is 1160. The highest BCUT2D eigenvalue weighted by atomic mass is 32.2. The summed E-state index contributed by atoms with van der Waals surface area (Å²) in [7, 11) is -4.02. The number of amides is 1. The van der Waals surface area contributed by atoms with Gasteiger partial charge in [0.2, 0.25) is 0 Å². The minimum Gasteiger partial charge on any atom is -0.449 e. The number of carbonyl (C=O) groups excluding carboxylic acids is 1. The summed E-state index contributed by atoms with van der Waals surface area (Å²) in [6.07, 6.45) is 10.0. The van der Waals surface area contributed by atoms with Gasteiger partial charge in [-0.05, 0) is 116 Å². The largest absolute Gasteiger partial charge is 0.449 e. The number of ether oxygens (including phenoxy) is 1. The Morgan fingerprint density at radius 2 is 1.85 bits per heavy atom. The van der Waals surface area contributed by atoms with Gasteiger partial charge in [0.05, 0.1) is 18.8 Å². The van der Waals surface area contributed by atoms with E-state index in [0.717, 1.165) is 51.4 Å². The minimum absolute atomic E-state index is 0.0827. The van der Waals surface area contributed by atoms with Crippen LogP contribution in [-0.2, 0) is 14.8 Å². The summed E-state index contributed by atoms with van der Waals surface area (Å²) >= 11 is 0. The van der Waals surface area contributed by atoms with E-state index < -0.39 is 16.1 Å². The van der Waals surface area contributed by atoms with Crippen LogP contribution in [-0.4, -0.2) is 48.5 Å². The summed E-state index contributed by atoms with van der Waals surface area (Å²) in [5.74, 6) is 2.69. The Balaban J connectivity index is 1.22. The van der Waals surface area contributed by atoms with Gasteiger partial charge in [-0.15, -0.1) is 0 Å². The molecule has 1 aromatic rings. The number of fused-ring (bicyclic) bond motifs is 5. The van der Waals surface area contributed by atoms with Gasteiger partial charge in [0.25, 0.3) is 10.0 Å². The third kappa shape index (κ3) is 5.08. The molecule has 0 saturated heterocycles. The first-order valence-corrected chi connectivity index (χ1v) is 16.9. The summed E-state index contributed by atoms with van der Waals surface area (Å²) in [5, 5.41) is 22.4. The molecule has 4 aliphatic rings. The zero-order valence-electron chi connectivity index (χ0n) is 24.5. The van der Waals surface area contributed by atoms with Crippen molar-refractivity contribution >= 4 is 16.1 Å². The van der Waals surface area contributed by atoms with E-state index in [4.69, 9.17) is 4.74 Å². The Morgan fingerprint density at radius 1 is 1.12 bits per heavy atom. The molecule has 8 nitrogen and oxygen atoms in total. The maximum Gasteiger partial charge on any atom is 0.421 e. The molecular weight excluding hydrogens is 528 g/mol. The van der Waals surface area contributed by atoms with Gasteiger partial charge in [-0.25, -0.2) is 17.9 Å². The lowest BCUT2D eigenvalue weighted by Gasteiger charge is -2.64. The highest BCUT2D eigenvalue weighted by molar-refractivity contribution is 7.90. The number of aliphatic hydroxyl groups is 2. The normalized spacial score (nSPS) is 41.8. The van der Waals surface area contributed by atoms with Crippen molar-refractivity contribution in [2.75, 3.05) is 6.61 Å². The second-order valence-corrected chi connectivity index (χ2v) is 15.5. The van der Waals surface area contributed by atoms with Crippen LogP contribution < -0.4 is 4.72 Å². The van der Waals surface area contributed by atoms with Crippen molar-refractivity contribution < 1.29 is 28.2 Å². The van der Waals surface area contributed by atoms with E-state index >= 15 is 0 Å². The molecule has 11 atom stereocenters. The van der Waals surface area contributed by atoms with Crippen LogP contribution in [0.1, 0.15) is 85.5 Å². The second-order valence-electron chi connectivity index (χ2n) is 13.8. The topological polar surface area (TPSA) is 126 Å². The Morgan fingerprint density at radius 3 is 2.55 bits per heavy atom. The standard InChI is InChI=1S/C31H48N2O6S/c1-5-22-26-17-20(34)10-13-31(26,4)25-11-14-30(3)23(8-9-24(30)27(25)28(22)35)19(2)12-16-39-29(36)33-40(37,38)21-7-6-15-32-18-21/h6-7,15,18-20,22-28,34-35H,5,8-14,16-17H2,1-4H3,(H,33,36)/t19-,20-,22-,23-,24+,25+,26?,27?,28-,30?,31?/m1/s1. The lowest BCUT2D eigenvalue weighted by molar-refractivity contribution is -0.203. The predicted octanol–water partition coefficient (Wildman–Crippen LogP) is 5.15. The number of rotatable bonds is 7. The minimum atomic E-state index is -4.02. The summed E-state index contributed by atoms with van der Waals surface area (Å²) in [6.45, 7) is 9.48. The molecule has 0 spiro atoms. The summed E-state index contributed by atoms with van der Waals surface area (Å²) in [4.78, 5) is 16.0. The molecule has 9 heteroatoms. The van der Waals surface area contributed by atoms with Crippen molar-refractivity contribution in [3.8, 4) is 0 Å². The van der Waals surface area contributed by atoms with E-state index in [2.05, 4.69) is 32.7 Å². The Hall–Kier alpha value is -1.71. The highest BCUT2D eigenvalue weighted by Gasteiger charge is 2.64. The second kappa shape index (κ2) is 11.2. The summed E-state index contributed by atoms with van der Waals surface area (Å²) in [6, 6.07) is 2.87. The number of pyridine rings is 1. The average molecular weight is 577 g/mol. The van der Waals surface area contributed by atoms with Crippen molar-refractivity contribution in [3.05, 3.63) is 24.5 Å². The highest BCUT2D eigenvalue weighted by Crippen LogP contribution is 2.69. The molecule has 0 aliphatic heterocycles. The monoisotopic (exact) mass is 576 g/mol. The molecule has 4 saturated carbocycles. The fraction of sp³-hybridized carbons (Fsp3) is 0.806. The van der Waals surface area contributed by atoms with Crippen LogP contribution in [0.5, 0.6) is 0 Å². The molecular formula is C31H48N2O6S. The van der Waals surface area contributed by atoms with Crippen LogP contribution in [0.2, 0.25) is 0 Å². The van der Waals surface area contributed by atoms with Gasteiger partial charge in [-0.2, -0.15) is 0 Å². The number of nitrogens with one attached hydrogen (secondary N) is 1. The molecule has 1 amide bonds. The molecule has 1 aromatic heterocycles. The first kappa shape index (κ1) is 29.8. The van der Waals surface area contributed by atoms with Crippen LogP contribution >= 0.6 is 0 Å². The van der Waals surface area contributed by atoms with Crippen molar-refractivity contribution in [1.29, 1.82) is 0 Å². The molecule has 0 radical (unpaired) electrons. The molecule has 224 valence electrons. The first-order valence-electron chi connectivity index (χ1n) is 15.4. The summed E-state index contributed by atoms with van der Waals surface area (Å²) in [5.41, 5.74) is 0.315. The van der Waals surface area contributed by atoms with Gasteiger partial charge in [0.15, 0.2) is 0 Å². The quantitative estimate of drug-likeness (QED) is 0.410. The van der Waals surface area contributed by atoms with Crippen LogP contribution in [0.4, 0.5) is 4.79 Å². The van der Waals surface area contributed by atoms with Gasteiger partial charge in [-0.1, -0.05) is 34.1 Å². The van der Waals surface area contributed by atoms with Crippen LogP contribution in [0.3, 0.4) is 0 Å². The van der Waals surface area contributed by atoms with Crippen LogP contribution in [0, 0.1) is 52.3 Å². The number of hydrogen-bond donors (Lipinski definition) is 3. The molecule has 3 N–H and O–H groups in total. The van der Waals surface area contributed by atoms with Gasteiger partial charge in [0.1, 0.15) is 4.90 Å². The van der Waals surface area contributed by atoms with Crippen molar-refractivity contribution in [2.45, 2.75) is 103 Å². The molecule has 40 heavy (non-hydrogen) atoms. The number of hydrogen-bond acceptors (Lipinski definition) is 7. The lowest BCUT2D eigenvalue weighted by atomic mass is 9.41. The molecule has 4 fully saturated rings. The van der Waals surface area contributed by atoms with E-state index in [9.17, 15) is 23.4 Å². The third-order valence-corrected chi connectivity index (χ3v) is 13.4. The van der Waals surface area contributed by atoms with E-state index in [1.165, 1.54) is 24.5 Å². The zero-order chi connectivity index (χ0) is 28.9. The maximum atomic E-state index is 12.4. The Labute approximate surface area is 239 Å². The fourth-order valence-corrected chi connectivity index (χ4v) is 11.0. The van der Waals surface area contributed by atoms with Crippen molar-refractivity contribution in [3.63, 3.8) is 0 Å². The van der Waals surface area contributed by atoms with Crippen molar-refractivity contribution in [1.82, 2.24) is 9.71 Å². The molecule has 5 rings (SSSR count). The number of aromatic nitrogens is 1. The third-order valence-electron chi connectivity index (χ3n) is 12.1. The van der Waals surface area contributed by atoms with E-state index in [1.807, 2.05) is 4.72 Å². The number of sulfonamides is 1. The van der Waals surface area contributed by atoms with Crippen molar-refractivity contribution in [2.24, 2.45) is 52.3 Å². The first-order chi connectivity index (χ1) is 18.9. The molecule has 4 aliphatic carbocycles. The predicted molar refractivity (Wildman–Crippen MR) is 151 cm³/mol. The number of nitrogens with zero attached hydrogens (tertiary/aromatic N) is 1. The smallest absolute Gasteiger partial charge is 0.421 e. The number of aliphatic hydroxyl groups excluding tert-OH is 2. The zero-order valence-corrected chi connectivity index (χ0v) is 25.3. The fourth-order valence-electron chi connectivity index (χ4n) is 10.2. The molecule has 1 heterocycles. The van der Waals surface area contributed by atoms with Crippen LogP contribution in [0.25, 0.3) is 0 Å². The Kier molecular flexibility index (Phi) is 8.32.